The van der Waals surface area contributed by atoms with Crippen molar-refractivity contribution in [2.45, 2.75) is 25.3 Å². The van der Waals surface area contributed by atoms with E-state index in [0.717, 1.165) is 0 Å². The van der Waals surface area contributed by atoms with Crippen molar-refractivity contribution in [3.63, 3.8) is 0 Å². The maximum atomic E-state index is 11.2. The van der Waals surface area contributed by atoms with Gasteiger partial charge in [0.1, 0.15) is 5.54 Å². The van der Waals surface area contributed by atoms with Crippen LogP contribution in [0, 0.1) is 0 Å². The number of carbonyl (C=O) groups is 2. The molecule has 1 amide bonds. The molecule has 74 valence electrons. The van der Waals surface area contributed by atoms with E-state index in [4.69, 9.17) is 5.11 Å². The number of hydrogen-bond donors (Lipinski definition) is 1. The van der Waals surface area contributed by atoms with Crippen LogP contribution in [0.2, 0.25) is 0 Å². The minimum Gasteiger partial charge on any atom is -0.480 e. The first-order valence-electron chi connectivity index (χ1n) is 4.11. The topological polar surface area (TPSA) is 66.8 Å². The second-order valence-electron chi connectivity index (χ2n) is 3.30. The number of methoxy groups -OCH3 is 1. The summed E-state index contributed by atoms with van der Waals surface area (Å²) in [7, 11) is 1.25. The van der Waals surface area contributed by atoms with Crippen LogP contribution in [0.15, 0.2) is 0 Å². The van der Waals surface area contributed by atoms with Crippen LogP contribution in [0.25, 0.3) is 0 Å². The molecule has 1 fully saturated rings. The smallest absolute Gasteiger partial charge is 0.410 e. The van der Waals surface area contributed by atoms with Crippen molar-refractivity contribution < 1.29 is 19.4 Å². The van der Waals surface area contributed by atoms with Gasteiger partial charge in [-0.2, -0.15) is 0 Å². The highest BCUT2D eigenvalue weighted by atomic mass is 16.5. The van der Waals surface area contributed by atoms with Crippen molar-refractivity contribution in [3.05, 3.63) is 0 Å². The average molecular weight is 187 g/mol. The van der Waals surface area contributed by atoms with Crippen LogP contribution < -0.4 is 0 Å². The Hall–Kier alpha value is -1.26. The van der Waals surface area contributed by atoms with Crippen molar-refractivity contribution in [2.24, 2.45) is 0 Å². The zero-order chi connectivity index (χ0) is 10.1. The molecule has 0 aliphatic carbocycles. The Bertz CT molecular complexity index is 240. The van der Waals surface area contributed by atoms with Gasteiger partial charge >= 0.3 is 12.1 Å². The molecule has 0 aromatic carbocycles. The largest absolute Gasteiger partial charge is 0.480 e. The van der Waals surface area contributed by atoms with Crippen LogP contribution in [-0.4, -0.2) is 41.3 Å². The molecule has 1 atom stereocenters. The number of nitrogens with zero attached hydrogens (tertiary/aromatic N) is 1. The number of ether oxygens (including phenoxy) is 1. The summed E-state index contributed by atoms with van der Waals surface area (Å²) in [5.41, 5.74) is -1.09. The van der Waals surface area contributed by atoms with E-state index in [-0.39, 0.29) is 0 Å². The third-order valence-electron chi connectivity index (χ3n) is 2.50. The molecule has 1 rings (SSSR count). The molecule has 0 radical (unpaired) electrons. The van der Waals surface area contributed by atoms with E-state index in [0.29, 0.717) is 19.4 Å². The molecule has 0 bridgehead atoms. The molecular formula is C8H13NO4. The molecule has 1 aliphatic rings. The highest BCUT2D eigenvalue weighted by Crippen LogP contribution is 2.29. The number of hydrogen-bond acceptors (Lipinski definition) is 3. The Kier molecular flexibility index (Phi) is 2.45. The number of carbonyl (C=O) groups excluding carboxylic acids is 1. The fourth-order valence-electron chi connectivity index (χ4n) is 1.59. The fraction of sp³-hybridized carbons (Fsp3) is 0.750. The number of likely N-dealkylation sites (tertiary alicyclic amines) is 1. The fourth-order valence-corrected chi connectivity index (χ4v) is 1.59. The Morgan fingerprint density at radius 1 is 1.54 bits per heavy atom. The molecule has 0 saturated carbocycles. The number of carboxylic acid groups (broad SMARTS) is 1. The Labute approximate surface area is 76.3 Å². The van der Waals surface area contributed by atoms with E-state index in [9.17, 15) is 9.59 Å². The molecule has 0 aromatic heterocycles. The summed E-state index contributed by atoms with van der Waals surface area (Å²) in [6, 6.07) is 0. The summed E-state index contributed by atoms with van der Waals surface area (Å²) in [5, 5.41) is 8.94. The molecule has 1 N–H and O–H groups in total. The van der Waals surface area contributed by atoms with Gasteiger partial charge in [-0.1, -0.05) is 0 Å². The van der Waals surface area contributed by atoms with Crippen LogP contribution in [0.4, 0.5) is 4.79 Å². The van der Waals surface area contributed by atoms with Crippen molar-refractivity contribution in [2.75, 3.05) is 13.7 Å². The summed E-state index contributed by atoms with van der Waals surface area (Å²) in [5.74, 6) is -0.976. The summed E-state index contributed by atoms with van der Waals surface area (Å²) < 4.78 is 4.50. The first-order chi connectivity index (χ1) is 6.02. The second-order valence-corrected chi connectivity index (χ2v) is 3.30. The van der Waals surface area contributed by atoms with Gasteiger partial charge in [0.2, 0.25) is 0 Å². The number of carboxylic acids is 1. The number of rotatable bonds is 1. The molecule has 13 heavy (non-hydrogen) atoms. The number of amides is 1. The van der Waals surface area contributed by atoms with E-state index in [1.165, 1.54) is 12.0 Å². The highest BCUT2D eigenvalue weighted by molar-refractivity contribution is 5.84. The SMILES string of the molecule is COC(=O)N1CCC[C@@]1(C)C(=O)O. The average Bonchev–Trinajstić information content (AvgIpc) is 2.47. The predicted octanol–water partition coefficient (Wildman–Crippen LogP) is 0.692. The third kappa shape index (κ3) is 1.46. The summed E-state index contributed by atoms with van der Waals surface area (Å²) in [4.78, 5) is 23.3. The third-order valence-corrected chi connectivity index (χ3v) is 2.50. The van der Waals surface area contributed by atoms with Gasteiger partial charge in [0, 0.05) is 6.54 Å². The lowest BCUT2D eigenvalue weighted by Gasteiger charge is -2.29. The van der Waals surface area contributed by atoms with Crippen LogP contribution in [-0.2, 0) is 9.53 Å². The summed E-state index contributed by atoms with van der Waals surface area (Å²) in [6.45, 7) is 1.99. The summed E-state index contributed by atoms with van der Waals surface area (Å²) >= 11 is 0. The van der Waals surface area contributed by atoms with E-state index in [2.05, 4.69) is 4.74 Å². The van der Waals surface area contributed by atoms with Gasteiger partial charge in [0.15, 0.2) is 0 Å². The minimum atomic E-state index is -1.09. The van der Waals surface area contributed by atoms with Crippen LogP contribution in [0.5, 0.6) is 0 Å². The Balaban J connectivity index is 2.85. The minimum absolute atomic E-state index is 0.454. The lowest BCUT2D eigenvalue weighted by Crippen LogP contribution is -2.50. The maximum Gasteiger partial charge on any atom is 0.410 e. The second kappa shape index (κ2) is 3.24. The molecular weight excluding hydrogens is 174 g/mol. The maximum absolute atomic E-state index is 11.2. The van der Waals surface area contributed by atoms with Crippen LogP contribution in [0.1, 0.15) is 19.8 Å². The first-order valence-corrected chi connectivity index (χ1v) is 4.11. The van der Waals surface area contributed by atoms with E-state index < -0.39 is 17.6 Å². The highest BCUT2D eigenvalue weighted by Gasteiger charge is 2.46. The zero-order valence-electron chi connectivity index (χ0n) is 7.74. The standard InChI is InChI=1S/C8H13NO4/c1-8(6(10)11)4-3-5-9(8)7(12)13-2/h3-5H2,1-2H3,(H,10,11)/t8-/m0/s1. The van der Waals surface area contributed by atoms with Crippen LogP contribution >= 0.6 is 0 Å². The molecule has 5 nitrogen and oxygen atoms in total. The van der Waals surface area contributed by atoms with Gasteiger partial charge in [0.25, 0.3) is 0 Å². The predicted molar refractivity (Wildman–Crippen MR) is 44.4 cm³/mol. The van der Waals surface area contributed by atoms with Crippen molar-refractivity contribution in [3.8, 4) is 0 Å². The lowest BCUT2D eigenvalue weighted by atomic mass is 10.00. The summed E-state index contributed by atoms with van der Waals surface area (Å²) in [6.07, 6.45) is 0.623. The van der Waals surface area contributed by atoms with Crippen molar-refractivity contribution in [1.29, 1.82) is 0 Å². The van der Waals surface area contributed by atoms with Gasteiger partial charge in [0.05, 0.1) is 7.11 Å². The van der Waals surface area contributed by atoms with Crippen LogP contribution in [0.3, 0.4) is 0 Å². The number of aliphatic carboxylic acids is 1. The molecule has 1 saturated heterocycles. The molecule has 0 unspecified atom stereocenters. The van der Waals surface area contributed by atoms with Crippen molar-refractivity contribution >= 4 is 12.1 Å². The van der Waals surface area contributed by atoms with Gasteiger partial charge < -0.3 is 9.84 Å². The molecule has 5 heteroatoms. The molecule has 0 spiro atoms. The van der Waals surface area contributed by atoms with Crippen molar-refractivity contribution in [1.82, 2.24) is 4.90 Å². The van der Waals surface area contributed by atoms with Gasteiger partial charge in [-0.15, -0.1) is 0 Å². The van der Waals surface area contributed by atoms with Gasteiger partial charge in [-0.25, -0.2) is 9.59 Å². The quantitative estimate of drug-likeness (QED) is 0.655. The van der Waals surface area contributed by atoms with E-state index in [1.54, 1.807) is 6.92 Å². The lowest BCUT2D eigenvalue weighted by molar-refractivity contribution is -0.147. The van der Waals surface area contributed by atoms with E-state index >= 15 is 0 Å². The van der Waals surface area contributed by atoms with E-state index in [1.807, 2.05) is 0 Å². The van der Waals surface area contributed by atoms with Gasteiger partial charge in [-0.05, 0) is 19.8 Å². The molecule has 1 aliphatic heterocycles. The first kappa shape index (κ1) is 9.83. The zero-order valence-corrected chi connectivity index (χ0v) is 7.74. The Morgan fingerprint density at radius 3 is 2.62 bits per heavy atom. The van der Waals surface area contributed by atoms with Gasteiger partial charge in [-0.3, -0.25) is 4.90 Å². The molecule has 1 heterocycles. The molecule has 0 aromatic rings. The normalized spacial score (nSPS) is 27.4. The Morgan fingerprint density at radius 2 is 2.15 bits per heavy atom. The monoisotopic (exact) mass is 187 g/mol.